The van der Waals surface area contributed by atoms with Gasteiger partial charge in [-0.15, -0.1) is 0 Å². The Kier molecular flexibility index (Phi) is 0.926. The van der Waals surface area contributed by atoms with Crippen molar-refractivity contribution in [2.75, 3.05) is 0 Å². The van der Waals surface area contributed by atoms with E-state index in [1.165, 1.54) is 11.1 Å². The van der Waals surface area contributed by atoms with Crippen molar-refractivity contribution in [3.63, 3.8) is 0 Å². The smallest absolute Gasteiger partial charge is 0.228 e. The highest BCUT2D eigenvalue weighted by atomic mass is 17.0. The molecule has 1 aromatic carbocycles. The summed E-state index contributed by atoms with van der Waals surface area (Å²) in [7, 11) is 0. The normalized spacial score (nSPS) is 11.0. The molecule has 2 nitrogen and oxygen atoms in total. The zero-order valence-electron chi connectivity index (χ0n) is 5.97. The van der Waals surface area contributed by atoms with Gasteiger partial charge in [0.15, 0.2) is 0 Å². The van der Waals surface area contributed by atoms with Gasteiger partial charge in [0.05, 0.1) is 0 Å². The summed E-state index contributed by atoms with van der Waals surface area (Å²) in [6, 6.07) is 3.94. The van der Waals surface area contributed by atoms with Crippen LogP contribution in [0.3, 0.4) is 0 Å². The van der Waals surface area contributed by atoms with Crippen LogP contribution in [0.5, 0.6) is 0 Å². The Morgan fingerprint density at radius 1 is 1.10 bits per heavy atom. The fraction of sp³-hybridized carbons (Fsp3) is 0.250. The molecule has 1 aromatic heterocycles. The van der Waals surface area contributed by atoms with E-state index in [0.717, 1.165) is 11.2 Å². The summed E-state index contributed by atoms with van der Waals surface area (Å²) >= 11 is 0. The molecule has 0 bridgehead atoms. The average Bonchev–Trinajstić information content (AvgIpc) is 1.82. The number of rotatable bonds is 0. The van der Waals surface area contributed by atoms with Crippen LogP contribution in [-0.2, 0) is 0 Å². The van der Waals surface area contributed by atoms with E-state index in [1.807, 2.05) is 19.1 Å². The molecule has 0 atom stereocenters. The van der Waals surface area contributed by atoms with Gasteiger partial charge in [-0.05, 0) is 25.5 Å². The molecule has 0 fully saturated rings. The molecule has 0 unspecified atom stereocenters. The van der Waals surface area contributed by atoms with Crippen molar-refractivity contribution in [1.29, 1.82) is 0 Å². The van der Waals surface area contributed by atoms with Gasteiger partial charge >= 0.3 is 0 Å². The van der Waals surface area contributed by atoms with Gasteiger partial charge in [0, 0.05) is 5.56 Å². The van der Waals surface area contributed by atoms with Crippen molar-refractivity contribution in [3.8, 4) is 0 Å². The third kappa shape index (κ3) is 0.533. The quantitative estimate of drug-likeness (QED) is 0.520. The van der Waals surface area contributed by atoms with Crippen molar-refractivity contribution in [3.05, 3.63) is 23.3 Å². The Morgan fingerprint density at radius 2 is 1.90 bits per heavy atom. The molecule has 52 valence electrons. The molecule has 0 radical (unpaired) electrons. The van der Waals surface area contributed by atoms with E-state index in [1.54, 1.807) is 0 Å². The number of hydrogen-bond donors (Lipinski definition) is 0. The Labute approximate surface area is 58.4 Å². The van der Waals surface area contributed by atoms with Crippen molar-refractivity contribution in [2.24, 2.45) is 0 Å². The summed E-state index contributed by atoms with van der Waals surface area (Å²) in [5.41, 5.74) is 4.15. The molecule has 10 heavy (non-hydrogen) atoms. The maximum Gasteiger partial charge on any atom is 0.228 e. The predicted octanol–water partition coefficient (Wildman–Crippen LogP) is 2.64. The van der Waals surface area contributed by atoms with Crippen molar-refractivity contribution in [1.82, 2.24) is 0 Å². The molecule has 0 spiro atoms. The highest BCUT2D eigenvalue weighted by Crippen LogP contribution is 2.24. The highest BCUT2D eigenvalue weighted by Gasteiger charge is 2.07. The highest BCUT2D eigenvalue weighted by molar-refractivity contribution is 5.75. The van der Waals surface area contributed by atoms with E-state index < -0.39 is 0 Å². The van der Waals surface area contributed by atoms with Crippen LogP contribution in [0.25, 0.3) is 11.2 Å². The van der Waals surface area contributed by atoms with Crippen LogP contribution in [0.1, 0.15) is 11.1 Å². The minimum Gasteiger partial charge on any atom is -0.286 e. The first-order valence-corrected chi connectivity index (χ1v) is 3.24. The first-order valence-electron chi connectivity index (χ1n) is 3.24. The summed E-state index contributed by atoms with van der Waals surface area (Å²) in [4.78, 5) is 0. The average molecular weight is 136 g/mol. The van der Waals surface area contributed by atoms with E-state index >= 15 is 0 Å². The zero-order valence-corrected chi connectivity index (χ0v) is 5.97. The third-order valence-corrected chi connectivity index (χ3v) is 1.86. The predicted molar refractivity (Wildman–Crippen MR) is 38.0 cm³/mol. The van der Waals surface area contributed by atoms with Crippen LogP contribution in [0.4, 0.5) is 0 Å². The Balaban J connectivity index is 2.84. The molecule has 2 heteroatoms. The Hall–Kier alpha value is -1.18. The van der Waals surface area contributed by atoms with Crippen LogP contribution in [0.15, 0.2) is 21.3 Å². The summed E-state index contributed by atoms with van der Waals surface area (Å²) < 4.78 is 9.50. The Morgan fingerprint density at radius 3 is 2.40 bits per heavy atom. The number of hydrogen-bond acceptors (Lipinski definition) is 2. The second-order valence-corrected chi connectivity index (χ2v) is 2.50. The van der Waals surface area contributed by atoms with E-state index in [0.29, 0.717) is 0 Å². The van der Waals surface area contributed by atoms with E-state index in [2.05, 4.69) is 6.92 Å². The molecule has 0 amide bonds. The first-order chi connectivity index (χ1) is 4.79. The second-order valence-electron chi connectivity index (χ2n) is 2.50. The van der Waals surface area contributed by atoms with E-state index in [9.17, 15) is 0 Å². The Bertz CT molecular complexity index is 354. The van der Waals surface area contributed by atoms with Gasteiger partial charge < -0.3 is 0 Å². The number of aryl methyl sites for hydroxylation is 2. The van der Waals surface area contributed by atoms with Crippen molar-refractivity contribution in [2.45, 2.75) is 13.8 Å². The largest absolute Gasteiger partial charge is 0.286 e. The molecular weight excluding hydrogens is 128 g/mol. The molecule has 0 aliphatic rings. The molecule has 2 aromatic rings. The standard InChI is InChI=1S/C8H8O2/c1-5-3-4-7-8(6(5)2)10-9-7/h3-4H,1-2H3. The minimum atomic E-state index is 0.850. The summed E-state index contributed by atoms with van der Waals surface area (Å²) in [5, 5.41) is 0. The van der Waals surface area contributed by atoms with Crippen molar-refractivity contribution >= 4 is 11.2 Å². The molecule has 0 N–H and O–H groups in total. The lowest BCUT2D eigenvalue weighted by Gasteiger charge is -2.02. The monoisotopic (exact) mass is 136 g/mol. The van der Waals surface area contributed by atoms with Crippen LogP contribution in [0, 0.1) is 13.8 Å². The van der Waals surface area contributed by atoms with Crippen LogP contribution in [-0.4, -0.2) is 0 Å². The molecule has 0 aliphatic heterocycles. The lowest BCUT2D eigenvalue weighted by molar-refractivity contribution is 0.0582. The second kappa shape index (κ2) is 1.66. The molecule has 0 saturated heterocycles. The van der Waals surface area contributed by atoms with Gasteiger partial charge in [-0.3, -0.25) is 9.15 Å². The van der Waals surface area contributed by atoms with Crippen LogP contribution in [0.2, 0.25) is 0 Å². The van der Waals surface area contributed by atoms with E-state index in [-0.39, 0.29) is 0 Å². The fourth-order valence-corrected chi connectivity index (χ4v) is 0.987. The maximum atomic E-state index is 4.79. The number of benzene rings is 1. The van der Waals surface area contributed by atoms with Gasteiger partial charge in [-0.25, -0.2) is 0 Å². The molecule has 0 saturated carbocycles. The molecule has 0 aliphatic carbocycles. The minimum absolute atomic E-state index is 0.850. The number of fused-ring (bicyclic) bond motifs is 1. The van der Waals surface area contributed by atoms with Gasteiger partial charge in [0.1, 0.15) is 0 Å². The van der Waals surface area contributed by atoms with Gasteiger partial charge in [-0.2, -0.15) is 0 Å². The van der Waals surface area contributed by atoms with Gasteiger partial charge in [-0.1, -0.05) is 6.07 Å². The molecule has 1 heterocycles. The summed E-state index contributed by atoms with van der Waals surface area (Å²) in [5.74, 6) is 0. The van der Waals surface area contributed by atoms with Crippen LogP contribution < -0.4 is 0 Å². The lowest BCUT2D eigenvalue weighted by atomic mass is 10.1. The van der Waals surface area contributed by atoms with Crippen LogP contribution >= 0.6 is 0 Å². The van der Waals surface area contributed by atoms with Gasteiger partial charge in [0.25, 0.3) is 0 Å². The fourth-order valence-electron chi connectivity index (χ4n) is 0.987. The zero-order chi connectivity index (χ0) is 7.14. The third-order valence-electron chi connectivity index (χ3n) is 1.86. The van der Waals surface area contributed by atoms with Gasteiger partial charge in [0.2, 0.25) is 11.2 Å². The lowest BCUT2D eigenvalue weighted by Crippen LogP contribution is -1.84. The van der Waals surface area contributed by atoms with E-state index in [4.69, 9.17) is 9.15 Å². The SMILES string of the molecule is Cc1ccc2ooc2c1C. The topological polar surface area (TPSA) is 26.3 Å². The van der Waals surface area contributed by atoms with Crippen molar-refractivity contribution < 1.29 is 9.15 Å². The summed E-state index contributed by atoms with van der Waals surface area (Å²) in [6.07, 6.45) is 0. The maximum absolute atomic E-state index is 4.79. The molecule has 2 rings (SSSR count). The molecular formula is C8H8O2. The first kappa shape index (κ1) is 5.59. The summed E-state index contributed by atoms with van der Waals surface area (Å²) in [6.45, 7) is 4.08.